The fraction of sp³-hybridized carbons (Fsp3) is 0.0909. The largest absolute Gasteiger partial charge is 0.393 e. The summed E-state index contributed by atoms with van der Waals surface area (Å²) in [6.45, 7) is 0.426. The molecular formula is C11H10FN3O. The van der Waals surface area contributed by atoms with Crippen molar-refractivity contribution in [2.75, 3.05) is 5.73 Å². The Hall–Kier alpha value is -2.17. The van der Waals surface area contributed by atoms with Gasteiger partial charge in [0.25, 0.3) is 5.56 Å². The fourth-order valence-electron chi connectivity index (χ4n) is 1.40. The predicted octanol–water partition coefficient (Wildman–Crippen LogP) is 1.01. The van der Waals surface area contributed by atoms with Gasteiger partial charge in [-0.05, 0) is 17.7 Å². The zero-order chi connectivity index (χ0) is 11.5. The number of hydrogen-bond acceptors (Lipinski definition) is 3. The molecule has 4 nitrogen and oxygen atoms in total. The summed E-state index contributed by atoms with van der Waals surface area (Å²) in [5, 5.41) is 0. The molecule has 16 heavy (non-hydrogen) atoms. The number of rotatable bonds is 2. The van der Waals surface area contributed by atoms with Crippen LogP contribution in [0.4, 0.5) is 10.1 Å². The Kier molecular flexibility index (Phi) is 2.68. The highest BCUT2D eigenvalue weighted by molar-refractivity contribution is 5.30. The molecule has 0 atom stereocenters. The summed E-state index contributed by atoms with van der Waals surface area (Å²) in [4.78, 5) is 14.6. The second kappa shape index (κ2) is 4.14. The van der Waals surface area contributed by atoms with Crippen LogP contribution in [0, 0.1) is 5.82 Å². The normalized spacial score (nSPS) is 10.3. The molecule has 5 heteroatoms. The quantitative estimate of drug-likeness (QED) is 0.820. The number of anilines is 1. The van der Waals surface area contributed by atoms with Crippen LogP contribution in [0.3, 0.4) is 0 Å². The smallest absolute Gasteiger partial charge is 0.295 e. The fourth-order valence-corrected chi connectivity index (χ4v) is 1.40. The number of halogens is 1. The average molecular weight is 219 g/mol. The topological polar surface area (TPSA) is 60.9 Å². The molecule has 0 amide bonds. The number of hydrogen-bond donors (Lipinski definition) is 1. The summed E-state index contributed by atoms with van der Waals surface area (Å²) in [6, 6.07) is 6.22. The molecule has 0 aliphatic carbocycles. The molecule has 2 rings (SSSR count). The molecule has 1 aromatic heterocycles. The van der Waals surface area contributed by atoms with Crippen LogP contribution < -0.4 is 11.3 Å². The van der Waals surface area contributed by atoms with Crippen molar-refractivity contribution in [3.63, 3.8) is 0 Å². The molecule has 0 unspecified atom stereocenters. The zero-order valence-electron chi connectivity index (χ0n) is 8.43. The number of nitrogens with zero attached hydrogens (tertiary/aromatic N) is 2. The van der Waals surface area contributed by atoms with Crippen molar-refractivity contribution in [3.8, 4) is 0 Å². The lowest BCUT2D eigenvalue weighted by atomic mass is 10.2. The van der Waals surface area contributed by atoms with Gasteiger partial charge in [-0.1, -0.05) is 12.1 Å². The van der Waals surface area contributed by atoms with Gasteiger partial charge in [0, 0.05) is 12.7 Å². The molecule has 0 bridgehead atoms. The first-order valence-corrected chi connectivity index (χ1v) is 4.71. The van der Waals surface area contributed by atoms with E-state index in [0.717, 1.165) is 5.56 Å². The van der Waals surface area contributed by atoms with E-state index in [1.165, 1.54) is 24.7 Å². The van der Waals surface area contributed by atoms with Crippen molar-refractivity contribution in [3.05, 3.63) is 58.5 Å². The third kappa shape index (κ3) is 2.25. The van der Waals surface area contributed by atoms with Crippen LogP contribution in [0.5, 0.6) is 0 Å². The summed E-state index contributed by atoms with van der Waals surface area (Å²) in [7, 11) is 0. The van der Waals surface area contributed by atoms with E-state index in [0.29, 0.717) is 6.54 Å². The van der Waals surface area contributed by atoms with E-state index in [-0.39, 0.29) is 11.5 Å². The minimum atomic E-state index is -0.449. The highest BCUT2D eigenvalue weighted by Crippen LogP contribution is 2.05. The first kappa shape index (κ1) is 10.4. The second-order valence-corrected chi connectivity index (χ2v) is 3.44. The first-order chi connectivity index (χ1) is 7.65. The van der Waals surface area contributed by atoms with Crippen molar-refractivity contribution < 1.29 is 4.39 Å². The van der Waals surface area contributed by atoms with Crippen LogP contribution >= 0.6 is 0 Å². The van der Waals surface area contributed by atoms with Crippen LogP contribution in [-0.4, -0.2) is 9.55 Å². The third-order valence-electron chi connectivity index (χ3n) is 2.13. The van der Waals surface area contributed by atoms with Gasteiger partial charge in [0.05, 0.1) is 6.33 Å². The molecule has 0 radical (unpaired) electrons. The lowest BCUT2D eigenvalue weighted by Gasteiger charge is -2.06. The minimum absolute atomic E-state index is 0.0823. The Morgan fingerprint density at radius 1 is 1.44 bits per heavy atom. The molecule has 1 aromatic carbocycles. The van der Waals surface area contributed by atoms with E-state index in [1.54, 1.807) is 16.7 Å². The van der Waals surface area contributed by atoms with Crippen molar-refractivity contribution in [1.82, 2.24) is 9.55 Å². The molecule has 0 saturated heterocycles. The lowest BCUT2D eigenvalue weighted by molar-refractivity contribution is 0.623. The monoisotopic (exact) mass is 219 g/mol. The Morgan fingerprint density at radius 2 is 2.25 bits per heavy atom. The lowest BCUT2D eigenvalue weighted by Crippen LogP contribution is -2.15. The third-order valence-corrected chi connectivity index (χ3v) is 2.13. The summed E-state index contributed by atoms with van der Waals surface area (Å²) < 4.78 is 14.5. The van der Waals surface area contributed by atoms with E-state index in [4.69, 9.17) is 5.73 Å². The Balaban J connectivity index is 2.27. The van der Waals surface area contributed by atoms with Gasteiger partial charge in [-0.3, -0.25) is 4.79 Å². The van der Waals surface area contributed by atoms with Gasteiger partial charge < -0.3 is 10.3 Å². The number of nitrogens with two attached hydrogens (primary N) is 1. The van der Waals surface area contributed by atoms with Gasteiger partial charge in [0.1, 0.15) is 11.5 Å². The minimum Gasteiger partial charge on any atom is -0.393 e. The molecule has 0 aliphatic heterocycles. The van der Waals surface area contributed by atoms with E-state index in [9.17, 15) is 9.18 Å². The SMILES string of the molecule is Nc1cn(Cc2cccc(F)c2)cnc1=O. The summed E-state index contributed by atoms with van der Waals surface area (Å²) in [5.41, 5.74) is 5.85. The molecule has 1 heterocycles. The molecule has 0 spiro atoms. The molecule has 0 saturated carbocycles. The Labute approximate surface area is 91.2 Å². The van der Waals surface area contributed by atoms with Gasteiger partial charge in [-0.15, -0.1) is 0 Å². The number of nitrogen functional groups attached to an aromatic ring is 1. The van der Waals surface area contributed by atoms with Gasteiger partial charge >= 0.3 is 0 Å². The van der Waals surface area contributed by atoms with Crippen LogP contribution in [0.1, 0.15) is 5.56 Å². The maximum atomic E-state index is 12.9. The average Bonchev–Trinajstić information content (AvgIpc) is 2.24. The molecule has 2 aromatic rings. The highest BCUT2D eigenvalue weighted by atomic mass is 19.1. The zero-order valence-corrected chi connectivity index (χ0v) is 8.43. The van der Waals surface area contributed by atoms with Crippen molar-refractivity contribution in [2.45, 2.75) is 6.54 Å². The van der Waals surface area contributed by atoms with Crippen molar-refractivity contribution >= 4 is 5.69 Å². The number of aromatic nitrogens is 2. The van der Waals surface area contributed by atoms with Crippen LogP contribution in [0.25, 0.3) is 0 Å². The van der Waals surface area contributed by atoms with Gasteiger partial charge in [-0.2, -0.15) is 4.98 Å². The van der Waals surface area contributed by atoms with Gasteiger partial charge in [-0.25, -0.2) is 4.39 Å². The van der Waals surface area contributed by atoms with E-state index >= 15 is 0 Å². The van der Waals surface area contributed by atoms with Gasteiger partial charge in [0.15, 0.2) is 0 Å². The summed E-state index contributed by atoms with van der Waals surface area (Å²) in [6.07, 6.45) is 2.86. The first-order valence-electron chi connectivity index (χ1n) is 4.71. The van der Waals surface area contributed by atoms with E-state index in [2.05, 4.69) is 4.98 Å². The maximum Gasteiger partial charge on any atom is 0.295 e. The van der Waals surface area contributed by atoms with Crippen LogP contribution in [-0.2, 0) is 6.54 Å². The molecule has 82 valence electrons. The second-order valence-electron chi connectivity index (χ2n) is 3.44. The van der Waals surface area contributed by atoms with Gasteiger partial charge in [0.2, 0.25) is 0 Å². The molecule has 0 fully saturated rings. The van der Waals surface area contributed by atoms with Crippen molar-refractivity contribution in [1.29, 1.82) is 0 Å². The molecular weight excluding hydrogens is 209 g/mol. The van der Waals surface area contributed by atoms with E-state index in [1.807, 2.05) is 0 Å². The van der Waals surface area contributed by atoms with Crippen LogP contribution in [0.15, 0.2) is 41.6 Å². The molecule has 0 aliphatic rings. The van der Waals surface area contributed by atoms with Crippen molar-refractivity contribution in [2.24, 2.45) is 0 Å². The maximum absolute atomic E-state index is 12.9. The Morgan fingerprint density at radius 3 is 2.94 bits per heavy atom. The molecule has 2 N–H and O–H groups in total. The Bertz CT molecular complexity index is 565. The highest BCUT2D eigenvalue weighted by Gasteiger charge is 1.99. The van der Waals surface area contributed by atoms with E-state index < -0.39 is 5.56 Å². The predicted molar refractivity (Wildman–Crippen MR) is 58.4 cm³/mol. The number of benzene rings is 1. The standard InChI is InChI=1S/C11H10FN3O/c12-9-3-1-2-8(4-9)5-15-6-10(13)11(16)14-7-15/h1-4,6-7H,5,13H2. The van der Waals surface area contributed by atoms with Crippen LogP contribution in [0.2, 0.25) is 0 Å². The summed E-state index contributed by atoms with van der Waals surface area (Å²) in [5.74, 6) is -0.292. The summed E-state index contributed by atoms with van der Waals surface area (Å²) >= 11 is 0.